The van der Waals surface area contributed by atoms with Crippen molar-refractivity contribution in [3.05, 3.63) is 23.3 Å². The molecule has 0 radical (unpaired) electrons. The molecule has 0 aliphatic carbocycles. The largest absolute Gasteiger partial charge is 0.262 e. The topological polar surface area (TPSA) is 57.9 Å². The fraction of sp³-hybridized carbons (Fsp3) is 0.125. The molecule has 0 fully saturated rings. The Morgan fingerprint density at radius 1 is 1.47 bits per heavy atom. The van der Waals surface area contributed by atoms with Crippen LogP contribution < -0.4 is 0 Å². The fourth-order valence-corrected chi connectivity index (χ4v) is 2.76. The zero-order valence-corrected chi connectivity index (χ0v) is 10.5. The van der Waals surface area contributed by atoms with Gasteiger partial charge in [0.1, 0.15) is 11.0 Å². The highest BCUT2D eigenvalue weighted by atomic mass is 35.7. The first-order valence-corrected chi connectivity index (χ1v) is 6.96. The second-order valence-corrected chi connectivity index (χ2v) is 5.88. The Hall–Kier alpha value is -0.410. The first-order chi connectivity index (χ1) is 6.91. The van der Waals surface area contributed by atoms with Crippen molar-refractivity contribution in [3.8, 4) is 6.07 Å². The van der Waals surface area contributed by atoms with Gasteiger partial charge in [0.25, 0.3) is 9.05 Å². The minimum Gasteiger partial charge on any atom is -0.207 e. The molecule has 0 aromatic heterocycles. The molecule has 1 aromatic rings. The smallest absolute Gasteiger partial charge is 0.207 e. The standard InChI is InChI=1S/C8H5Cl2NO2S2/c9-3-5-1-2-7(15(10,12)13)6(4-11)8(5)14/h1-2,14H,3H2. The van der Waals surface area contributed by atoms with Gasteiger partial charge in [-0.15, -0.1) is 24.2 Å². The van der Waals surface area contributed by atoms with Crippen molar-refractivity contribution < 1.29 is 8.42 Å². The van der Waals surface area contributed by atoms with Gasteiger partial charge >= 0.3 is 0 Å². The normalized spacial score (nSPS) is 11.1. The minimum atomic E-state index is -3.94. The number of hydrogen-bond acceptors (Lipinski definition) is 4. The van der Waals surface area contributed by atoms with Gasteiger partial charge in [-0.1, -0.05) is 6.07 Å². The van der Waals surface area contributed by atoms with Crippen molar-refractivity contribution in [2.75, 3.05) is 0 Å². The molecule has 0 unspecified atom stereocenters. The van der Waals surface area contributed by atoms with Crippen LogP contribution in [0.5, 0.6) is 0 Å². The zero-order chi connectivity index (χ0) is 11.6. The summed E-state index contributed by atoms with van der Waals surface area (Å²) < 4.78 is 22.2. The summed E-state index contributed by atoms with van der Waals surface area (Å²) in [6.45, 7) is 0. The molecule has 0 bridgehead atoms. The Bertz CT molecular complexity index is 534. The first kappa shape index (κ1) is 12.7. The molecule has 7 heteroatoms. The van der Waals surface area contributed by atoms with Crippen LogP contribution in [-0.2, 0) is 14.9 Å². The van der Waals surface area contributed by atoms with Gasteiger partial charge in [-0.25, -0.2) is 8.42 Å². The number of halogens is 2. The predicted octanol–water partition coefficient (Wildman–Crippen LogP) is 2.51. The van der Waals surface area contributed by atoms with Gasteiger partial charge in [-0.3, -0.25) is 0 Å². The highest BCUT2D eigenvalue weighted by Crippen LogP contribution is 2.28. The number of benzene rings is 1. The lowest BCUT2D eigenvalue weighted by atomic mass is 10.1. The molecule has 0 aliphatic rings. The second kappa shape index (κ2) is 4.62. The molecular formula is C8H5Cl2NO2S2. The monoisotopic (exact) mass is 281 g/mol. The van der Waals surface area contributed by atoms with E-state index in [0.717, 1.165) is 0 Å². The van der Waals surface area contributed by atoms with E-state index < -0.39 is 9.05 Å². The molecule has 0 saturated carbocycles. The van der Waals surface area contributed by atoms with Crippen LogP contribution in [-0.4, -0.2) is 8.42 Å². The van der Waals surface area contributed by atoms with Crippen molar-refractivity contribution in [2.45, 2.75) is 15.7 Å². The van der Waals surface area contributed by atoms with E-state index in [2.05, 4.69) is 12.6 Å². The van der Waals surface area contributed by atoms with E-state index in [1.54, 1.807) is 6.07 Å². The molecule has 1 rings (SSSR count). The van der Waals surface area contributed by atoms with E-state index in [0.29, 0.717) is 5.56 Å². The highest BCUT2D eigenvalue weighted by Gasteiger charge is 2.19. The van der Waals surface area contributed by atoms with E-state index >= 15 is 0 Å². The van der Waals surface area contributed by atoms with Crippen molar-refractivity contribution >= 4 is 44.0 Å². The first-order valence-electron chi connectivity index (χ1n) is 3.67. The summed E-state index contributed by atoms with van der Waals surface area (Å²) in [5.41, 5.74) is 0.507. The molecule has 3 nitrogen and oxygen atoms in total. The van der Waals surface area contributed by atoms with Crippen LogP contribution in [0.3, 0.4) is 0 Å². The highest BCUT2D eigenvalue weighted by molar-refractivity contribution is 8.13. The molecule has 0 amide bonds. The molecule has 1 aromatic carbocycles. The van der Waals surface area contributed by atoms with Crippen LogP contribution in [0, 0.1) is 11.3 Å². The third-order valence-corrected chi connectivity index (χ3v) is 3.90. The fourth-order valence-electron chi connectivity index (χ4n) is 1.03. The average Bonchev–Trinajstić information content (AvgIpc) is 2.15. The van der Waals surface area contributed by atoms with Crippen molar-refractivity contribution in [1.29, 1.82) is 5.26 Å². The molecule has 80 valence electrons. The molecule has 0 spiro atoms. The van der Waals surface area contributed by atoms with Crippen molar-refractivity contribution in [3.63, 3.8) is 0 Å². The van der Waals surface area contributed by atoms with Crippen LogP contribution >= 0.6 is 34.9 Å². The Balaban J connectivity index is 3.61. The summed E-state index contributed by atoms with van der Waals surface area (Å²) in [4.78, 5) is -0.000224. The maximum absolute atomic E-state index is 11.1. The Morgan fingerprint density at radius 2 is 2.07 bits per heavy atom. The maximum Gasteiger partial charge on any atom is 0.262 e. The maximum atomic E-state index is 11.1. The molecule has 15 heavy (non-hydrogen) atoms. The van der Waals surface area contributed by atoms with Gasteiger partial charge in [0.05, 0.1) is 5.56 Å². The number of thiol groups is 1. The average molecular weight is 282 g/mol. The number of alkyl halides is 1. The van der Waals surface area contributed by atoms with E-state index in [4.69, 9.17) is 27.5 Å². The van der Waals surface area contributed by atoms with Crippen molar-refractivity contribution in [2.24, 2.45) is 0 Å². The quantitative estimate of drug-likeness (QED) is 0.515. The lowest BCUT2D eigenvalue weighted by Gasteiger charge is -2.06. The summed E-state index contributed by atoms with van der Waals surface area (Å²) >= 11 is 9.63. The SMILES string of the molecule is N#Cc1c(S(=O)(=O)Cl)ccc(CCl)c1S. The number of hydrogen-bond donors (Lipinski definition) is 1. The van der Waals surface area contributed by atoms with Crippen LogP contribution in [0.25, 0.3) is 0 Å². The lowest BCUT2D eigenvalue weighted by molar-refractivity contribution is 0.609. The molecule has 0 aliphatic heterocycles. The van der Waals surface area contributed by atoms with Gasteiger partial charge in [0, 0.05) is 21.5 Å². The Morgan fingerprint density at radius 3 is 2.47 bits per heavy atom. The van der Waals surface area contributed by atoms with E-state index in [-0.39, 0.29) is 21.2 Å². The lowest BCUT2D eigenvalue weighted by Crippen LogP contribution is -1.98. The third-order valence-electron chi connectivity index (χ3n) is 1.74. The molecule has 0 atom stereocenters. The van der Waals surface area contributed by atoms with E-state index in [1.165, 1.54) is 12.1 Å². The molecular weight excluding hydrogens is 277 g/mol. The second-order valence-electron chi connectivity index (χ2n) is 2.63. The molecule has 0 heterocycles. The van der Waals surface area contributed by atoms with Gasteiger partial charge < -0.3 is 0 Å². The third kappa shape index (κ3) is 2.58. The summed E-state index contributed by atoms with van der Waals surface area (Å²) in [6, 6.07) is 4.47. The van der Waals surface area contributed by atoms with Gasteiger partial charge in [-0.05, 0) is 11.6 Å². The minimum absolute atomic E-state index is 0.0773. The predicted molar refractivity (Wildman–Crippen MR) is 61.0 cm³/mol. The Kier molecular flexibility index (Phi) is 3.90. The zero-order valence-electron chi connectivity index (χ0n) is 7.24. The van der Waals surface area contributed by atoms with E-state index in [9.17, 15) is 8.42 Å². The Labute approximate surface area is 102 Å². The van der Waals surface area contributed by atoms with Crippen LogP contribution in [0.4, 0.5) is 0 Å². The van der Waals surface area contributed by atoms with Gasteiger partial charge in [0.2, 0.25) is 0 Å². The number of nitrogens with zero attached hydrogens (tertiary/aromatic N) is 1. The van der Waals surface area contributed by atoms with Crippen molar-refractivity contribution in [1.82, 2.24) is 0 Å². The molecule has 0 saturated heterocycles. The summed E-state index contributed by atoms with van der Waals surface area (Å²) in [5, 5.41) is 8.82. The summed E-state index contributed by atoms with van der Waals surface area (Å²) in [6.07, 6.45) is 0. The van der Waals surface area contributed by atoms with Gasteiger partial charge in [-0.2, -0.15) is 5.26 Å². The summed E-state index contributed by atoms with van der Waals surface area (Å²) in [5.74, 6) is 0.149. The van der Waals surface area contributed by atoms with Gasteiger partial charge in [0.15, 0.2) is 0 Å². The number of nitriles is 1. The van der Waals surface area contributed by atoms with E-state index in [1.807, 2.05) is 0 Å². The number of rotatable bonds is 2. The summed E-state index contributed by atoms with van der Waals surface area (Å²) in [7, 11) is 1.23. The van der Waals surface area contributed by atoms with Crippen LogP contribution in [0.2, 0.25) is 0 Å². The molecule has 0 N–H and O–H groups in total. The van der Waals surface area contributed by atoms with Crippen LogP contribution in [0.1, 0.15) is 11.1 Å². The van der Waals surface area contributed by atoms with Crippen LogP contribution in [0.15, 0.2) is 21.9 Å².